The van der Waals surface area contributed by atoms with E-state index in [1.165, 1.54) is 5.56 Å². The van der Waals surface area contributed by atoms with E-state index in [2.05, 4.69) is 49.9 Å². The Hall–Kier alpha value is -1.92. The first kappa shape index (κ1) is 14.7. The number of imidazole rings is 1. The lowest BCUT2D eigenvalue weighted by molar-refractivity contribution is 0.0755. The number of aryl methyl sites for hydroxylation is 1. The van der Waals surface area contributed by atoms with Crippen molar-refractivity contribution in [2.75, 3.05) is 18.1 Å². The molecule has 1 aromatic carbocycles. The van der Waals surface area contributed by atoms with Crippen LogP contribution in [0.15, 0.2) is 30.5 Å². The number of benzene rings is 1. The average molecular weight is 328 g/mol. The van der Waals surface area contributed by atoms with E-state index in [1.54, 1.807) is 11.3 Å². The van der Waals surface area contributed by atoms with E-state index in [0.29, 0.717) is 12.1 Å². The second-order valence-corrected chi connectivity index (χ2v) is 7.18. The molecular formula is C17H20N4OS. The van der Waals surface area contributed by atoms with Crippen molar-refractivity contribution in [3.63, 3.8) is 0 Å². The maximum Gasteiger partial charge on any atom is 0.214 e. The van der Waals surface area contributed by atoms with Crippen molar-refractivity contribution in [3.05, 3.63) is 36.0 Å². The molecule has 1 aliphatic heterocycles. The van der Waals surface area contributed by atoms with Crippen LogP contribution in [0, 0.1) is 6.92 Å². The van der Waals surface area contributed by atoms with Crippen molar-refractivity contribution < 1.29 is 4.74 Å². The molecule has 5 nitrogen and oxygen atoms in total. The molecule has 4 rings (SSSR count). The van der Waals surface area contributed by atoms with Gasteiger partial charge >= 0.3 is 0 Å². The third kappa shape index (κ3) is 2.62. The summed E-state index contributed by atoms with van der Waals surface area (Å²) in [6.45, 7) is 7.95. The van der Waals surface area contributed by atoms with Gasteiger partial charge in [0, 0.05) is 5.56 Å². The van der Waals surface area contributed by atoms with Gasteiger partial charge in [-0.15, -0.1) is 5.10 Å². The predicted octanol–water partition coefficient (Wildman–Crippen LogP) is 3.38. The van der Waals surface area contributed by atoms with Crippen LogP contribution >= 0.6 is 11.3 Å². The summed E-state index contributed by atoms with van der Waals surface area (Å²) in [5.74, 6) is 0. The Morgan fingerprint density at radius 3 is 2.48 bits per heavy atom. The van der Waals surface area contributed by atoms with Gasteiger partial charge < -0.3 is 9.64 Å². The van der Waals surface area contributed by atoms with Gasteiger partial charge in [0.2, 0.25) is 10.1 Å². The Kier molecular flexibility index (Phi) is 3.58. The second kappa shape index (κ2) is 5.62. The summed E-state index contributed by atoms with van der Waals surface area (Å²) in [4.78, 5) is 8.01. The van der Waals surface area contributed by atoms with Crippen LogP contribution in [0.2, 0.25) is 0 Å². The summed E-state index contributed by atoms with van der Waals surface area (Å²) in [5.41, 5.74) is 3.35. The topological polar surface area (TPSA) is 42.7 Å². The van der Waals surface area contributed by atoms with Gasteiger partial charge in [-0.05, 0) is 20.8 Å². The highest BCUT2D eigenvalue weighted by Crippen LogP contribution is 2.30. The summed E-state index contributed by atoms with van der Waals surface area (Å²) in [5, 5.41) is 5.76. The fourth-order valence-corrected chi connectivity index (χ4v) is 4.13. The van der Waals surface area contributed by atoms with E-state index in [9.17, 15) is 0 Å². The molecule has 1 fully saturated rings. The highest BCUT2D eigenvalue weighted by molar-refractivity contribution is 7.20. The Bertz CT molecular complexity index is 781. The first-order valence-electron chi connectivity index (χ1n) is 7.91. The van der Waals surface area contributed by atoms with Gasteiger partial charge in [-0.1, -0.05) is 41.2 Å². The molecule has 0 aliphatic carbocycles. The largest absolute Gasteiger partial charge is 0.377 e. The van der Waals surface area contributed by atoms with E-state index in [4.69, 9.17) is 14.8 Å². The maximum atomic E-state index is 5.60. The molecule has 1 aliphatic rings. The SMILES string of the molecule is Cc1ccc(-c2cn3nc(N4C(C)COCC4C)sc3n2)cc1. The number of ether oxygens (including phenoxy) is 1. The molecule has 1 saturated heterocycles. The van der Waals surface area contributed by atoms with Crippen LogP contribution in [0.3, 0.4) is 0 Å². The summed E-state index contributed by atoms with van der Waals surface area (Å²) in [6, 6.07) is 9.11. The van der Waals surface area contributed by atoms with Crippen molar-refractivity contribution in [2.24, 2.45) is 0 Å². The van der Waals surface area contributed by atoms with Crippen molar-refractivity contribution in [1.82, 2.24) is 14.6 Å². The molecule has 23 heavy (non-hydrogen) atoms. The molecule has 3 heterocycles. The lowest BCUT2D eigenvalue weighted by atomic mass is 10.1. The van der Waals surface area contributed by atoms with Crippen molar-refractivity contribution in [2.45, 2.75) is 32.9 Å². The molecule has 0 amide bonds. The molecule has 2 aromatic heterocycles. The molecule has 2 unspecified atom stereocenters. The summed E-state index contributed by atoms with van der Waals surface area (Å²) >= 11 is 1.64. The molecule has 0 bridgehead atoms. The van der Waals surface area contributed by atoms with Crippen LogP contribution in [-0.2, 0) is 4.74 Å². The van der Waals surface area contributed by atoms with Crippen LogP contribution in [0.4, 0.5) is 5.13 Å². The van der Waals surface area contributed by atoms with Crippen LogP contribution in [-0.4, -0.2) is 39.9 Å². The smallest absolute Gasteiger partial charge is 0.214 e. The summed E-state index contributed by atoms with van der Waals surface area (Å²) in [6.07, 6.45) is 2.01. The number of rotatable bonds is 2. The van der Waals surface area contributed by atoms with Crippen LogP contribution in [0.5, 0.6) is 0 Å². The average Bonchev–Trinajstić information content (AvgIpc) is 3.06. The van der Waals surface area contributed by atoms with Crippen molar-refractivity contribution in [3.8, 4) is 11.3 Å². The Morgan fingerprint density at radius 2 is 1.83 bits per heavy atom. The van der Waals surface area contributed by atoms with E-state index >= 15 is 0 Å². The molecule has 2 atom stereocenters. The van der Waals surface area contributed by atoms with Crippen LogP contribution < -0.4 is 4.90 Å². The van der Waals surface area contributed by atoms with Gasteiger partial charge in [0.25, 0.3) is 0 Å². The molecule has 0 saturated carbocycles. The Morgan fingerprint density at radius 1 is 1.13 bits per heavy atom. The van der Waals surface area contributed by atoms with E-state index < -0.39 is 0 Å². The zero-order valence-electron chi connectivity index (χ0n) is 13.6. The Labute approximate surface area is 139 Å². The first-order valence-corrected chi connectivity index (χ1v) is 8.73. The van der Waals surface area contributed by atoms with E-state index in [0.717, 1.165) is 34.6 Å². The molecule has 3 aromatic rings. The molecule has 6 heteroatoms. The fraction of sp³-hybridized carbons (Fsp3) is 0.412. The molecule has 120 valence electrons. The minimum absolute atomic E-state index is 0.339. The van der Waals surface area contributed by atoms with Gasteiger partial charge in [-0.2, -0.15) is 0 Å². The van der Waals surface area contributed by atoms with Crippen molar-refractivity contribution >= 4 is 21.4 Å². The van der Waals surface area contributed by atoms with Gasteiger partial charge in [-0.25, -0.2) is 9.50 Å². The lowest BCUT2D eigenvalue weighted by Crippen LogP contribution is -2.49. The standard InChI is InChI=1S/C17H20N4OS/c1-11-4-6-14(7-5-11)15-8-20-16(18-15)23-17(19-20)21-12(2)9-22-10-13(21)3/h4-8,12-13H,9-10H2,1-3H3. The Balaban J connectivity index is 1.67. The van der Waals surface area contributed by atoms with Crippen LogP contribution in [0.25, 0.3) is 16.2 Å². The number of fused-ring (bicyclic) bond motifs is 1. The maximum absolute atomic E-state index is 5.60. The minimum Gasteiger partial charge on any atom is -0.377 e. The number of hydrogen-bond donors (Lipinski definition) is 0. The van der Waals surface area contributed by atoms with Gasteiger partial charge in [0.1, 0.15) is 0 Å². The number of aromatic nitrogens is 3. The van der Waals surface area contributed by atoms with E-state index in [-0.39, 0.29) is 0 Å². The quantitative estimate of drug-likeness (QED) is 0.723. The minimum atomic E-state index is 0.339. The van der Waals surface area contributed by atoms with Gasteiger partial charge in [-0.3, -0.25) is 0 Å². The third-order valence-corrected chi connectivity index (χ3v) is 5.20. The molecule has 0 radical (unpaired) electrons. The van der Waals surface area contributed by atoms with Crippen LogP contribution in [0.1, 0.15) is 19.4 Å². The molecular weight excluding hydrogens is 308 g/mol. The molecule has 0 N–H and O–H groups in total. The fourth-order valence-electron chi connectivity index (χ4n) is 3.04. The zero-order chi connectivity index (χ0) is 16.0. The highest BCUT2D eigenvalue weighted by Gasteiger charge is 2.28. The lowest BCUT2D eigenvalue weighted by Gasteiger charge is -2.38. The highest BCUT2D eigenvalue weighted by atomic mass is 32.1. The van der Waals surface area contributed by atoms with Crippen molar-refractivity contribution in [1.29, 1.82) is 0 Å². The van der Waals surface area contributed by atoms with E-state index in [1.807, 2.05) is 10.7 Å². The summed E-state index contributed by atoms with van der Waals surface area (Å²) < 4.78 is 7.49. The number of hydrogen-bond acceptors (Lipinski definition) is 5. The zero-order valence-corrected chi connectivity index (χ0v) is 14.4. The molecule has 0 spiro atoms. The second-order valence-electron chi connectivity index (χ2n) is 6.25. The normalized spacial score (nSPS) is 22.0. The summed E-state index contributed by atoms with van der Waals surface area (Å²) in [7, 11) is 0. The van der Waals surface area contributed by atoms with Gasteiger partial charge in [0.15, 0.2) is 0 Å². The monoisotopic (exact) mass is 328 g/mol. The number of morpholine rings is 1. The first-order chi connectivity index (χ1) is 11.1. The third-order valence-electron chi connectivity index (χ3n) is 4.27. The number of nitrogens with zero attached hydrogens (tertiary/aromatic N) is 4. The predicted molar refractivity (Wildman–Crippen MR) is 93.3 cm³/mol. The van der Waals surface area contributed by atoms with Gasteiger partial charge in [0.05, 0.1) is 37.2 Å². The number of anilines is 1.